The second-order valence-corrected chi connectivity index (χ2v) is 42.4. The average molecular weight is 716 g/mol. The molecule has 0 N–H and O–H groups in total. The van der Waals surface area contributed by atoms with Gasteiger partial charge in [-0.05, 0) is 37.1 Å². The Balaban J connectivity index is 0.000000471. The fourth-order valence-electron chi connectivity index (χ4n) is 2.31. The van der Waals surface area contributed by atoms with Gasteiger partial charge in [0.15, 0.2) is 4.93 Å². The molecule has 0 bridgehead atoms. The Bertz CT molecular complexity index is 645. The summed E-state index contributed by atoms with van der Waals surface area (Å²) in [4.78, 5) is 0.969. The van der Waals surface area contributed by atoms with Gasteiger partial charge in [0, 0.05) is 17.7 Å². The number of hydrogen-bond donors (Lipinski definition) is 0. The van der Waals surface area contributed by atoms with E-state index in [0.29, 0.717) is 0 Å². The quantitative estimate of drug-likeness (QED) is 0.230. The molecule has 24 heavy (non-hydrogen) atoms. The van der Waals surface area contributed by atoms with Crippen molar-refractivity contribution in [3.05, 3.63) is 59.7 Å². The Morgan fingerprint density at radius 2 is 1.71 bits per heavy atom. The number of ether oxygens (including phenoxy) is 1. The number of halogens is 3. The van der Waals surface area contributed by atoms with Crippen LogP contribution < -0.4 is 4.74 Å². The van der Waals surface area contributed by atoms with Gasteiger partial charge >= 0.3 is 64.9 Å². The number of benzene rings is 2. The Morgan fingerprint density at radius 3 is 2.25 bits per heavy atom. The minimum absolute atomic E-state index is 0.0411. The third-order valence-corrected chi connectivity index (χ3v) is 4.97. The van der Waals surface area contributed by atoms with Crippen LogP contribution in [-0.4, -0.2) is 4.93 Å². The third-order valence-electron chi connectivity index (χ3n) is 3.60. The molecule has 1 aliphatic rings. The Hall–Kier alpha value is 1.36. The molecule has 2 aromatic rings. The van der Waals surface area contributed by atoms with Crippen molar-refractivity contribution in [2.75, 3.05) is 0 Å². The number of aryl methyl sites for hydroxylation is 2. The first-order chi connectivity index (χ1) is 11.4. The molecular formula is C18H20I3OSV. The fraction of sp³-hybridized carbons (Fsp3) is 0.333. The van der Waals surface area contributed by atoms with E-state index in [4.69, 9.17) is 4.74 Å². The Labute approximate surface area is 187 Å². The molecule has 0 amide bonds. The summed E-state index contributed by atoms with van der Waals surface area (Å²) in [6, 6.07) is 17.0. The van der Waals surface area contributed by atoms with E-state index >= 15 is 0 Å². The van der Waals surface area contributed by atoms with Gasteiger partial charge in [0.2, 0.25) is 0 Å². The second kappa shape index (κ2) is 10.6. The zero-order valence-electron chi connectivity index (χ0n) is 13.6. The van der Waals surface area contributed by atoms with E-state index in [2.05, 4.69) is 122 Å². The molecule has 0 spiro atoms. The Morgan fingerprint density at radius 1 is 1.08 bits per heavy atom. The van der Waals surface area contributed by atoms with E-state index in [0.717, 1.165) is 25.0 Å². The number of hydrogen-bond acceptors (Lipinski definition) is 2. The molecule has 3 rings (SSSR count). The topological polar surface area (TPSA) is 9.23 Å². The summed E-state index contributed by atoms with van der Waals surface area (Å²) in [6.45, 7) is 4.32. The summed E-state index contributed by atoms with van der Waals surface area (Å²) < 4.78 is 6.36. The fourth-order valence-corrected chi connectivity index (χ4v) is 3.48. The first-order valence-corrected chi connectivity index (χ1v) is 22.1. The van der Waals surface area contributed by atoms with Crippen LogP contribution in [0.25, 0.3) is 0 Å². The van der Waals surface area contributed by atoms with Crippen LogP contribution in [0.3, 0.4) is 0 Å². The maximum atomic E-state index is 6.36. The molecule has 0 saturated heterocycles. The molecular weight excluding hydrogens is 696 g/mol. The van der Waals surface area contributed by atoms with Crippen LogP contribution in [0.1, 0.15) is 30.9 Å². The van der Waals surface area contributed by atoms with Crippen molar-refractivity contribution < 1.29 is 9.66 Å². The van der Waals surface area contributed by atoms with Crippen molar-refractivity contribution in [1.29, 1.82) is 0 Å². The van der Waals surface area contributed by atoms with Crippen LogP contribution in [0.4, 0.5) is 0 Å². The van der Waals surface area contributed by atoms with E-state index in [1.54, 1.807) is 0 Å². The van der Waals surface area contributed by atoms with Crippen molar-refractivity contribution in [3.63, 3.8) is 0 Å². The molecule has 0 unspecified atom stereocenters. The summed E-state index contributed by atoms with van der Waals surface area (Å²) >= 11 is 9.24. The normalized spacial score (nSPS) is 14.8. The van der Waals surface area contributed by atoms with Crippen LogP contribution in [-0.2, 0) is 11.3 Å². The summed E-state index contributed by atoms with van der Waals surface area (Å²) in [5.41, 5.74) is 2.61. The molecule has 6 heteroatoms. The van der Waals surface area contributed by atoms with Gasteiger partial charge in [0.1, 0.15) is 5.75 Å². The molecule has 1 nitrogen and oxygen atoms in total. The van der Waals surface area contributed by atoms with Crippen molar-refractivity contribution in [1.82, 2.24) is 0 Å². The molecule has 2 aromatic carbocycles. The standard InChI is InChI=1S/C18H20OS.3HI.V/c1-3-15-13-14(2)9-10-17(15)19-18(11-12-18)20-16-7-5-4-6-8-16;;;;/h4-10,13H,3,11-12H2,1-2H3;3*1H;/q;;;;+3/p-3. The van der Waals surface area contributed by atoms with Crippen molar-refractivity contribution in [2.45, 2.75) is 42.9 Å². The predicted octanol–water partition coefficient (Wildman–Crippen LogP) is 7.87. The Kier molecular flexibility index (Phi) is 9.60. The summed E-state index contributed by atoms with van der Waals surface area (Å²) in [5.74, 6) is 1.05. The van der Waals surface area contributed by atoms with Crippen molar-refractivity contribution in [3.8, 4) is 5.75 Å². The first-order valence-electron chi connectivity index (χ1n) is 7.74. The van der Waals surface area contributed by atoms with Gasteiger partial charge in [-0.3, -0.25) is 0 Å². The van der Waals surface area contributed by atoms with Gasteiger partial charge in [-0.15, -0.1) is 0 Å². The van der Waals surface area contributed by atoms with Gasteiger partial charge < -0.3 is 4.74 Å². The number of thioether (sulfide) groups is 1. The van der Waals surface area contributed by atoms with Crippen molar-refractivity contribution in [2.24, 2.45) is 0 Å². The van der Waals surface area contributed by atoms with Crippen LogP contribution in [0, 0.1) is 6.92 Å². The molecule has 130 valence electrons. The molecule has 1 saturated carbocycles. The minimum atomic E-state index is -0.278. The zero-order chi connectivity index (χ0) is 17.6. The molecule has 0 heterocycles. The summed E-state index contributed by atoms with van der Waals surface area (Å²) in [5, 5.41) is 0. The first kappa shape index (κ1) is 21.7. The summed E-state index contributed by atoms with van der Waals surface area (Å²) in [6.07, 6.45) is 3.27. The molecule has 0 aromatic heterocycles. The SMILES string of the molecule is CCc1cc(C)ccc1OC1(Sc2ccccc2)CC1.[I][V]([I])[I]. The molecule has 0 aliphatic heterocycles. The summed E-state index contributed by atoms with van der Waals surface area (Å²) in [7, 11) is 0. The van der Waals surface area contributed by atoms with E-state index in [1.165, 1.54) is 16.0 Å². The van der Waals surface area contributed by atoms with Crippen LogP contribution in [0.2, 0.25) is 0 Å². The molecule has 1 fully saturated rings. The van der Waals surface area contributed by atoms with Gasteiger partial charge in [-0.2, -0.15) is 0 Å². The van der Waals surface area contributed by atoms with E-state index in [9.17, 15) is 0 Å². The van der Waals surface area contributed by atoms with Gasteiger partial charge in [0.05, 0.1) is 0 Å². The molecule has 0 radical (unpaired) electrons. The maximum absolute atomic E-state index is 6.36. The second-order valence-electron chi connectivity index (χ2n) is 5.58. The van der Waals surface area contributed by atoms with E-state index < -0.39 is 0 Å². The predicted molar refractivity (Wildman–Crippen MR) is 128 cm³/mol. The zero-order valence-corrected chi connectivity index (χ0v) is 22.3. The average Bonchev–Trinajstić information content (AvgIpc) is 3.29. The van der Waals surface area contributed by atoms with Crippen molar-refractivity contribution >= 4 is 71.7 Å². The van der Waals surface area contributed by atoms with Crippen LogP contribution in [0.5, 0.6) is 5.75 Å². The third kappa shape index (κ3) is 7.54. The van der Waals surface area contributed by atoms with E-state index in [-0.39, 0.29) is 9.85 Å². The van der Waals surface area contributed by atoms with Gasteiger partial charge in [-0.1, -0.05) is 54.6 Å². The molecule has 1 aliphatic carbocycles. The van der Waals surface area contributed by atoms with E-state index in [1.807, 2.05) is 11.8 Å². The monoisotopic (exact) mass is 716 g/mol. The van der Waals surface area contributed by atoms with Gasteiger partial charge in [0.25, 0.3) is 0 Å². The number of rotatable bonds is 5. The van der Waals surface area contributed by atoms with Gasteiger partial charge in [-0.25, -0.2) is 0 Å². The molecule has 0 atom stereocenters. The van der Waals surface area contributed by atoms with Crippen LogP contribution >= 0.6 is 71.7 Å². The van der Waals surface area contributed by atoms with Crippen LogP contribution in [0.15, 0.2) is 53.4 Å².